The molecule has 78 valence electrons. The van der Waals surface area contributed by atoms with Crippen LogP contribution in [0.2, 0.25) is 0 Å². The summed E-state index contributed by atoms with van der Waals surface area (Å²) in [5, 5.41) is 10.2. The predicted octanol–water partition coefficient (Wildman–Crippen LogP) is 2.02. The van der Waals surface area contributed by atoms with Gasteiger partial charge in [-0.05, 0) is 26.8 Å². The van der Waals surface area contributed by atoms with Crippen molar-refractivity contribution in [2.75, 3.05) is 13.6 Å². The Hall–Kier alpha value is -0.0800. The molecule has 1 heterocycles. The van der Waals surface area contributed by atoms with Crippen LogP contribution in [0.5, 0.6) is 0 Å². The van der Waals surface area contributed by atoms with Gasteiger partial charge in [-0.25, -0.2) is 0 Å². The highest BCUT2D eigenvalue weighted by atomic mass is 16.3. The average Bonchev–Trinajstić information content (AvgIpc) is 2.27. The molecule has 1 fully saturated rings. The van der Waals surface area contributed by atoms with Gasteiger partial charge in [0.25, 0.3) is 0 Å². The summed E-state index contributed by atoms with van der Waals surface area (Å²) in [6, 6.07) is 0.548. The van der Waals surface area contributed by atoms with Gasteiger partial charge in [-0.15, -0.1) is 0 Å². The summed E-state index contributed by atoms with van der Waals surface area (Å²) >= 11 is 0. The summed E-state index contributed by atoms with van der Waals surface area (Å²) in [7, 11) is 2.10. The van der Waals surface area contributed by atoms with Crippen molar-refractivity contribution < 1.29 is 5.11 Å². The standard InChI is InChI=1S/C11H23NO/c1-4-5-6-7-11(13)8-10(2)12(3)9-11/h10,13H,4-9H2,1-3H3. The highest BCUT2D eigenvalue weighted by Crippen LogP contribution is 2.30. The fourth-order valence-electron chi connectivity index (χ4n) is 2.28. The molecule has 0 aromatic heterocycles. The highest BCUT2D eigenvalue weighted by Gasteiger charge is 2.37. The molecule has 1 rings (SSSR count). The maximum atomic E-state index is 10.2. The predicted molar refractivity (Wildman–Crippen MR) is 55.8 cm³/mol. The summed E-state index contributed by atoms with van der Waals surface area (Å²) in [4.78, 5) is 2.26. The van der Waals surface area contributed by atoms with Gasteiger partial charge in [-0.2, -0.15) is 0 Å². The van der Waals surface area contributed by atoms with E-state index in [-0.39, 0.29) is 5.60 Å². The van der Waals surface area contributed by atoms with Crippen LogP contribution in [0.3, 0.4) is 0 Å². The summed E-state index contributed by atoms with van der Waals surface area (Å²) in [5.74, 6) is 0. The van der Waals surface area contributed by atoms with Crippen LogP contribution in [-0.4, -0.2) is 35.2 Å². The molecule has 0 aromatic carbocycles. The number of hydrogen-bond acceptors (Lipinski definition) is 2. The Kier molecular flexibility index (Phi) is 3.74. The van der Waals surface area contributed by atoms with E-state index >= 15 is 0 Å². The van der Waals surface area contributed by atoms with Gasteiger partial charge in [0, 0.05) is 12.6 Å². The third-order valence-electron chi connectivity index (χ3n) is 3.22. The minimum Gasteiger partial charge on any atom is -0.388 e. The SMILES string of the molecule is CCCCCC1(O)CC(C)N(C)C1. The zero-order valence-corrected chi connectivity index (χ0v) is 9.21. The first-order chi connectivity index (χ1) is 6.07. The zero-order chi connectivity index (χ0) is 9.90. The lowest BCUT2D eigenvalue weighted by molar-refractivity contribution is 0.0403. The number of likely N-dealkylation sites (N-methyl/N-ethyl adjacent to an activating group) is 1. The second-order valence-electron chi connectivity index (χ2n) is 4.65. The number of β-amino-alcohol motifs (C(OH)–C–C–N with tert-alkyl or cyclic N) is 1. The van der Waals surface area contributed by atoms with Crippen molar-refractivity contribution >= 4 is 0 Å². The van der Waals surface area contributed by atoms with Crippen LogP contribution in [0.15, 0.2) is 0 Å². The summed E-state index contributed by atoms with van der Waals surface area (Å²) in [6.07, 6.45) is 5.60. The van der Waals surface area contributed by atoms with E-state index in [1.165, 1.54) is 19.3 Å². The first kappa shape index (κ1) is 11.0. The molecule has 1 aliphatic heterocycles. The third kappa shape index (κ3) is 2.96. The minimum atomic E-state index is -0.386. The minimum absolute atomic E-state index is 0.386. The quantitative estimate of drug-likeness (QED) is 0.677. The van der Waals surface area contributed by atoms with Gasteiger partial charge in [-0.1, -0.05) is 26.2 Å². The van der Waals surface area contributed by atoms with Gasteiger partial charge in [0.2, 0.25) is 0 Å². The average molecular weight is 185 g/mol. The van der Waals surface area contributed by atoms with Gasteiger partial charge in [-0.3, -0.25) is 0 Å². The number of unbranched alkanes of at least 4 members (excludes halogenated alkanes) is 2. The number of aliphatic hydroxyl groups is 1. The van der Waals surface area contributed by atoms with Crippen LogP contribution in [0, 0.1) is 0 Å². The maximum Gasteiger partial charge on any atom is 0.0788 e. The molecule has 13 heavy (non-hydrogen) atoms. The van der Waals surface area contributed by atoms with Gasteiger partial charge in [0.05, 0.1) is 5.60 Å². The molecule has 0 spiro atoms. The molecule has 2 unspecified atom stereocenters. The molecular weight excluding hydrogens is 162 g/mol. The van der Waals surface area contributed by atoms with Crippen molar-refractivity contribution in [3.63, 3.8) is 0 Å². The van der Waals surface area contributed by atoms with E-state index in [4.69, 9.17) is 0 Å². The summed E-state index contributed by atoms with van der Waals surface area (Å²) in [5.41, 5.74) is -0.386. The van der Waals surface area contributed by atoms with Crippen LogP contribution < -0.4 is 0 Å². The van der Waals surface area contributed by atoms with Gasteiger partial charge < -0.3 is 10.0 Å². The molecule has 1 N–H and O–H groups in total. The normalized spacial score (nSPS) is 35.5. The van der Waals surface area contributed by atoms with Crippen LogP contribution >= 0.6 is 0 Å². The van der Waals surface area contributed by atoms with E-state index in [1.807, 2.05) is 0 Å². The highest BCUT2D eigenvalue weighted by molar-refractivity contribution is 4.92. The molecule has 0 bridgehead atoms. The van der Waals surface area contributed by atoms with Crippen molar-refractivity contribution in [2.45, 2.75) is 57.6 Å². The topological polar surface area (TPSA) is 23.5 Å². The zero-order valence-electron chi connectivity index (χ0n) is 9.21. The van der Waals surface area contributed by atoms with E-state index in [9.17, 15) is 5.11 Å². The molecular formula is C11H23NO. The van der Waals surface area contributed by atoms with Crippen molar-refractivity contribution in [3.05, 3.63) is 0 Å². The number of likely N-dealkylation sites (tertiary alicyclic amines) is 1. The number of hydrogen-bond donors (Lipinski definition) is 1. The van der Waals surface area contributed by atoms with Crippen molar-refractivity contribution in [3.8, 4) is 0 Å². The smallest absolute Gasteiger partial charge is 0.0788 e. The van der Waals surface area contributed by atoms with Crippen LogP contribution in [0.4, 0.5) is 0 Å². The molecule has 0 amide bonds. The van der Waals surface area contributed by atoms with Crippen molar-refractivity contribution in [1.29, 1.82) is 0 Å². The van der Waals surface area contributed by atoms with Gasteiger partial charge in [0.15, 0.2) is 0 Å². The lowest BCUT2D eigenvalue weighted by atomic mass is 9.94. The molecule has 1 aliphatic rings. The van der Waals surface area contributed by atoms with Gasteiger partial charge in [0.1, 0.15) is 0 Å². The summed E-state index contributed by atoms with van der Waals surface area (Å²) < 4.78 is 0. The molecule has 0 saturated carbocycles. The van der Waals surface area contributed by atoms with E-state index in [0.29, 0.717) is 6.04 Å². The van der Waals surface area contributed by atoms with Gasteiger partial charge >= 0.3 is 0 Å². The molecule has 0 radical (unpaired) electrons. The maximum absolute atomic E-state index is 10.2. The van der Waals surface area contributed by atoms with Crippen LogP contribution in [0.25, 0.3) is 0 Å². The summed E-state index contributed by atoms with van der Waals surface area (Å²) in [6.45, 7) is 5.25. The van der Waals surface area contributed by atoms with E-state index < -0.39 is 0 Å². The largest absolute Gasteiger partial charge is 0.388 e. The molecule has 2 heteroatoms. The molecule has 2 atom stereocenters. The van der Waals surface area contributed by atoms with Crippen LogP contribution in [-0.2, 0) is 0 Å². The Balaban J connectivity index is 2.31. The van der Waals surface area contributed by atoms with Crippen molar-refractivity contribution in [2.24, 2.45) is 0 Å². The molecule has 0 aromatic rings. The second-order valence-corrected chi connectivity index (χ2v) is 4.65. The fourth-order valence-corrected chi connectivity index (χ4v) is 2.28. The molecule has 0 aliphatic carbocycles. The number of nitrogens with zero attached hydrogens (tertiary/aromatic N) is 1. The molecule has 2 nitrogen and oxygen atoms in total. The van der Waals surface area contributed by atoms with E-state index in [1.54, 1.807) is 0 Å². The Morgan fingerprint density at radius 2 is 2.15 bits per heavy atom. The Morgan fingerprint density at radius 1 is 1.46 bits per heavy atom. The lowest BCUT2D eigenvalue weighted by Gasteiger charge is -2.21. The Labute approximate surface area is 81.9 Å². The van der Waals surface area contributed by atoms with E-state index in [0.717, 1.165) is 19.4 Å². The van der Waals surface area contributed by atoms with Crippen LogP contribution in [0.1, 0.15) is 46.0 Å². The second kappa shape index (κ2) is 4.43. The first-order valence-electron chi connectivity index (χ1n) is 5.50. The Bertz CT molecular complexity index is 148. The Morgan fingerprint density at radius 3 is 2.62 bits per heavy atom. The lowest BCUT2D eigenvalue weighted by Crippen LogP contribution is -2.31. The van der Waals surface area contributed by atoms with E-state index in [2.05, 4.69) is 25.8 Å². The number of rotatable bonds is 4. The monoisotopic (exact) mass is 185 g/mol. The fraction of sp³-hybridized carbons (Fsp3) is 1.00. The molecule has 1 saturated heterocycles. The first-order valence-corrected chi connectivity index (χ1v) is 5.50. The third-order valence-corrected chi connectivity index (χ3v) is 3.22. The van der Waals surface area contributed by atoms with Crippen molar-refractivity contribution in [1.82, 2.24) is 4.90 Å².